The molecule has 2 N–H and O–H groups in total. The van der Waals surface area contributed by atoms with Gasteiger partial charge >= 0.3 is 0 Å². The summed E-state index contributed by atoms with van der Waals surface area (Å²) in [5.41, 5.74) is 6.14. The molecule has 0 saturated heterocycles. The molecule has 0 unspecified atom stereocenters. The summed E-state index contributed by atoms with van der Waals surface area (Å²) in [7, 11) is 0. The molecule has 15 heavy (non-hydrogen) atoms. The largest absolute Gasteiger partial charge is 0.454 e. The fraction of sp³-hybridized carbons (Fsp3) is 0.300. The second-order valence-corrected chi connectivity index (χ2v) is 4.13. The molecule has 0 spiro atoms. The molecule has 1 aliphatic rings. The predicted molar refractivity (Wildman–Crippen MR) is 57.9 cm³/mol. The minimum Gasteiger partial charge on any atom is -0.454 e. The van der Waals surface area contributed by atoms with Gasteiger partial charge in [-0.15, -0.1) is 11.8 Å². The van der Waals surface area contributed by atoms with Gasteiger partial charge < -0.3 is 15.2 Å². The Hall–Kier alpha value is -1.36. The Balaban J connectivity index is 1.95. The van der Waals surface area contributed by atoms with Gasteiger partial charge in [0.25, 0.3) is 0 Å². The number of rotatable bonds is 4. The fourth-order valence-corrected chi connectivity index (χ4v) is 2.02. The van der Waals surface area contributed by atoms with Gasteiger partial charge in [-0.25, -0.2) is 0 Å². The number of carbonyl (C=O) groups is 1. The number of amides is 1. The van der Waals surface area contributed by atoms with E-state index in [0.29, 0.717) is 5.75 Å². The smallest absolute Gasteiger partial charge is 0.231 e. The molecule has 4 nitrogen and oxygen atoms in total. The van der Waals surface area contributed by atoms with E-state index in [1.807, 2.05) is 18.2 Å². The van der Waals surface area contributed by atoms with Gasteiger partial charge in [0.05, 0.1) is 5.75 Å². The third-order valence-electron chi connectivity index (χ3n) is 1.95. The van der Waals surface area contributed by atoms with Crippen molar-refractivity contribution in [3.63, 3.8) is 0 Å². The van der Waals surface area contributed by atoms with Crippen molar-refractivity contribution in [2.45, 2.75) is 5.75 Å². The lowest BCUT2D eigenvalue weighted by Crippen LogP contribution is -2.13. The quantitative estimate of drug-likeness (QED) is 0.834. The molecule has 1 heterocycles. The van der Waals surface area contributed by atoms with E-state index >= 15 is 0 Å². The molecule has 1 aromatic carbocycles. The van der Waals surface area contributed by atoms with E-state index in [-0.39, 0.29) is 12.7 Å². The van der Waals surface area contributed by atoms with Crippen molar-refractivity contribution in [1.29, 1.82) is 0 Å². The minimum absolute atomic E-state index is 0.285. The second-order valence-electron chi connectivity index (χ2n) is 3.15. The number of primary amides is 1. The van der Waals surface area contributed by atoms with Crippen LogP contribution in [0.5, 0.6) is 11.5 Å². The van der Waals surface area contributed by atoms with Gasteiger partial charge in [-0.1, -0.05) is 6.07 Å². The summed E-state index contributed by atoms with van der Waals surface area (Å²) in [6.07, 6.45) is 0. The van der Waals surface area contributed by atoms with Gasteiger partial charge in [0.15, 0.2) is 11.5 Å². The Labute approximate surface area is 91.7 Å². The highest BCUT2D eigenvalue weighted by molar-refractivity contribution is 7.99. The molecule has 0 fully saturated rings. The zero-order valence-corrected chi connectivity index (χ0v) is 8.88. The van der Waals surface area contributed by atoms with Crippen molar-refractivity contribution in [2.24, 2.45) is 5.73 Å². The number of fused-ring (bicyclic) bond motifs is 1. The lowest BCUT2D eigenvalue weighted by molar-refractivity contribution is -0.115. The number of carbonyl (C=O) groups excluding carboxylic acids is 1. The van der Waals surface area contributed by atoms with Gasteiger partial charge in [-0.05, 0) is 17.7 Å². The summed E-state index contributed by atoms with van der Waals surface area (Å²) in [6.45, 7) is 0.285. The minimum atomic E-state index is -0.291. The maximum atomic E-state index is 10.5. The highest BCUT2D eigenvalue weighted by Crippen LogP contribution is 2.33. The highest BCUT2D eigenvalue weighted by Gasteiger charge is 2.12. The summed E-state index contributed by atoms with van der Waals surface area (Å²) >= 11 is 1.49. The number of hydrogen-bond donors (Lipinski definition) is 1. The van der Waals surface area contributed by atoms with Crippen molar-refractivity contribution >= 4 is 17.7 Å². The summed E-state index contributed by atoms with van der Waals surface area (Å²) in [4.78, 5) is 10.5. The molecule has 1 amide bonds. The molecule has 80 valence electrons. The van der Waals surface area contributed by atoms with Crippen LogP contribution in [0, 0.1) is 0 Å². The third kappa shape index (κ3) is 2.56. The molecule has 5 heteroatoms. The Morgan fingerprint density at radius 2 is 2.20 bits per heavy atom. The van der Waals surface area contributed by atoms with Crippen molar-refractivity contribution in [3.05, 3.63) is 23.8 Å². The first-order valence-corrected chi connectivity index (χ1v) is 5.66. The second kappa shape index (κ2) is 4.44. The normalized spacial score (nSPS) is 12.8. The first-order chi connectivity index (χ1) is 7.25. The molecular weight excluding hydrogens is 214 g/mol. The monoisotopic (exact) mass is 225 g/mol. The van der Waals surface area contributed by atoms with Crippen LogP contribution in [0.15, 0.2) is 18.2 Å². The van der Waals surface area contributed by atoms with Crippen LogP contribution in [-0.2, 0) is 10.5 Å². The SMILES string of the molecule is NC(=O)CSCc1ccc2c(c1)OCO2. The van der Waals surface area contributed by atoms with E-state index in [4.69, 9.17) is 15.2 Å². The topological polar surface area (TPSA) is 61.6 Å². The van der Waals surface area contributed by atoms with Gasteiger partial charge in [0, 0.05) is 5.75 Å². The third-order valence-corrected chi connectivity index (χ3v) is 2.98. The van der Waals surface area contributed by atoms with Crippen LogP contribution < -0.4 is 15.2 Å². The van der Waals surface area contributed by atoms with Gasteiger partial charge in [-0.2, -0.15) is 0 Å². The molecule has 0 atom stereocenters. The van der Waals surface area contributed by atoms with Crippen LogP contribution in [0.25, 0.3) is 0 Å². The Bertz CT molecular complexity index is 381. The van der Waals surface area contributed by atoms with Gasteiger partial charge in [-0.3, -0.25) is 4.79 Å². The zero-order chi connectivity index (χ0) is 10.7. The number of ether oxygens (including phenoxy) is 2. The van der Waals surface area contributed by atoms with Crippen molar-refractivity contribution < 1.29 is 14.3 Å². The summed E-state index contributed by atoms with van der Waals surface area (Å²) in [5, 5.41) is 0. The van der Waals surface area contributed by atoms with Crippen molar-refractivity contribution in [2.75, 3.05) is 12.5 Å². The molecule has 0 aliphatic carbocycles. The first-order valence-electron chi connectivity index (χ1n) is 4.50. The fourth-order valence-electron chi connectivity index (χ4n) is 1.30. The standard InChI is InChI=1S/C10H11NO3S/c11-10(12)5-15-4-7-1-2-8-9(3-7)14-6-13-8/h1-3H,4-6H2,(H2,11,12). The van der Waals surface area contributed by atoms with Crippen LogP contribution in [0.1, 0.15) is 5.56 Å². The lowest BCUT2D eigenvalue weighted by Gasteiger charge is -2.01. The van der Waals surface area contributed by atoms with E-state index in [1.54, 1.807) is 0 Å². The number of benzene rings is 1. The van der Waals surface area contributed by atoms with Crippen LogP contribution in [0.3, 0.4) is 0 Å². The molecule has 0 saturated carbocycles. The van der Waals surface area contributed by atoms with E-state index in [0.717, 1.165) is 22.8 Å². The number of nitrogens with two attached hydrogens (primary N) is 1. The molecule has 0 radical (unpaired) electrons. The zero-order valence-electron chi connectivity index (χ0n) is 8.06. The van der Waals surface area contributed by atoms with Crippen LogP contribution in [0.4, 0.5) is 0 Å². The Morgan fingerprint density at radius 1 is 1.40 bits per heavy atom. The Kier molecular flexibility index (Phi) is 3.01. The van der Waals surface area contributed by atoms with Crippen molar-refractivity contribution in [1.82, 2.24) is 0 Å². The predicted octanol–water partition coefficient (Wildman–Crippen LogP) is 1.13. The maximum absolute atomic E-state index is 10.5. The van der Waals surface area contributed by atoms with Gasteiger partial charge in [0.2, 0.25) is 12.7 Å². The number of thioether (sulfide) groups is 1. The van der Waals surface area contributed by atoms with E-state index < -0.39 is 0 Å². The number of hydrogen-bond acceptors (Lipinski definition) is 4. The van der Waals surface area contributed by atoms with E-state index in [2.05, 4.69) is 0 Å². The Morgan fingerprint density at radius 3 is 3.00 bits per heavy atom. The van der Waals surface area contributed by atoms with E-state index in [9.17, 15) is 4.79 Å². The maximum Gasteiger partial charge on any atom is 0.231 e. The summed E-state index contributed by atoms with van der Waals surface area (Å²) in [6, 6.07) is 5.76. The molecule has 0 aromatic heterocycles. The summed E-state index contributed by atoms with van der Waals surface area (Å²) in [5.74, 6) is 2.35. The van der Waals surface area contributed by atoms with Crippen LogP contribution in [-0.4, -0.2) is 18.5 Å². The average molecular weight is 225 g/mol. The molecule has 2 rings (SSSR count). The molecule has 0 bridgehead atoms. The first kappa shape index (κ1) is 10.2. The molecular formula is C10H11NO3S. The van der Waals surface area contributed by atoms with E-state index in [1.165, 1.54) is 11.8 Å². The summed E-state index contributed by atoms with van der Waals surface area (Å²) < 4.78 is 10.4. The lowest BCUT2D eigenvalue weighted by atomic mass is 10.2. The highest BCUT2D eigenvalue weighted by atomic mass is 32.2. The molecule has 1 aromatic rings. The van der Waals surface area contributed by atoms with Gasteiger partial charge in [0.1, 0.15) is 0 Å². The van der Waals surface area contributed by atoms with Crippen LogP contribution in [0.2, 0.25) is 0 Å². The average Bonchev–Trinajstić information content (AvgIpc) is 2.64. The van der Waals surface area contributed by atoms with Crippen LogP contribution >= 0.6 is 11.8 Å². The molecule has 1 aliphatic heterocycles. The van der Waals surface area contributed by atoms with Crippen molar-refractivity contribution in [3.8, 4) is 11.5 Å².